The maximum absolute atomic E-state index is 13.8. The zero-order chi connectivity index (χ0) is 36.0. The van der Waals surface area contributed by atoms with E-state index < -0.39 is 39.4 Å². The van der Waals surface area contributed by atoms with Crippen LogP contribution in [0, 0.1) is 5.41 Å². The van der Waals surface area contributed by atoms with Crippen LogP contribution in [0.1, 0.15) is 53.7 Å². The van der Waals surface area contributed by atoms with Crippen LogP contribution < -0.4 is 15.4 Å². The fourth-order valence-electron chi connectivity index (χ4n) is 4.77. The van der Waals surface area contributed by atoms with E-state index in [-0.39, 0.29) is 34.9 Å². The molecule has 0 saturated carbocycles. The lowest BCUT2D eigenvalue weighted by Gasteiger charge is -2.20. The van der Waals surface area contributed by atoms with Gasteiger partial charge in [0.15, 0.2) is 0 Å². The van der Waals surface area contributed by atoms with Crippen LogP contribution >= 0.6 is 11.6 Å². The van der Waals surface area contributed by atoms with Crippen LogP contribution in [0.4, 0.5) is 18.9 Å². The maximum Gasteiger partial charge on any atom is 0.416 e. The van der Waals surface area contributed by atoms with Crippen LogP contribution in [0.5, 0.6) is 5.75 Å². The highest BCUT2D eigenvalue weighted by atomic mass is 35.5. The van der Waals surface area contributed by atoms with Crippen molar-refractivity contribution in [1.82, 2.24) is 5.32 Å². The molecule has 0 radical (unpaired) electrons. The number of hydrogen-bond acceptors (Lipinski definition) is 5. The Bertz CT molecular complexity index is 1870. The van der Waals surface area contributed by atoms with Gasteiger partial charge in [-0.25, -0.2) is 0 Å². The van der Waals surface area contributed by atoms with E-state index in [0.29, 0.717) is 34.7 Å². The molecule has 260 valence electrons. The number of carbonyl (C=O) groups excluding carboxylic acids is 2. The van der Waals surface area contributed by atoms with E-state index in [1.807, 2.05) is 12.1 Å². The van der Waals surface area contributed by atoms with E-state index in [1.54, 1.807) is 60.7 Å². The maximum atomic E-state index is 13.8. The summed E-state index contributed by atoms with van der Waals surface area (Å²) in [6, 6.07) is 23.4. The van der Waals surface area contributed by atoms with Crippen molar-refractivity contribution in [1.29, 1.82) is 0 Å². The van der Waals surface area contributed by atoms with Gasteiger partial charge in [-0.1, -0.05) is 74.8 Å². The quantitative estimate of drug-likeness (QED) is 0.128. The number of ether oxygens (including phenoxy) is 1. The van der Waals surface area contributed by atoms with Crippen molar-refractivity contribution >= 4 is 39.2 Å². The number of amides is 2. The zero-order valence-corrected chi connectivity index (χ0v) is 28.5. The first-order valence-corrected chi connectivity index (χ1v) is 17.2. The molecule has 0 saturated heterocycles. The fourth-order valence-corrected chi connectivity index (χ4v) is 5.42. The third kappa shape index (κ3) is 11.3. The van der Waals surface area contributed by atoms with Crippen molar-refractivity contribution in [3.8, 4) is 16.9 Å². The average Bonchev–Trinajstić information content (AvgIpc) is 3.02. The summed E-state index contributed by atoms with van der Waals surface area (Å²) in [7, 11) is -4.21. The first-order chi connectivity index (χ1) is 22.9. The van der Waals surface area contributed by atoms with Crippen LogP contribution in [-0.2, 0) is 27.5 Å². The number of halogens is 4. The molecule has 0 spiro atoms. The van der Waals surface area contributed by atoms with Gasteiger partial charge in [0, 0.05) is 28.4 Å². The summed E-state index contributed by atoms with van der Waals surface area (Å²) in [4.78, 5) is 26.2. The molecule has 0 aliphatic rings. The summed E-state index contributed by atoms with van der Waals surface area (Å²) < 4.78 is 75.8. The predicted molar refractivity (Wildman–Crippen MR) is 184 cm³/mol. The number of nitrogens with one attached hydrogen (secondary N) is 2. The number of benzene rings is 4. The first kappa shape index (κ1) is 37.4. The molecule has 8 nitrogen and oxygen atoms in total. The minimum atomic E-state index is -4.52. The van der Waals surface area contributed by atoms with Gasteiger partial charge in [0.25, 0.3) is 16.0 Å². The fraction of sp³-hybridized carbons (Fsp3) is 0.278. The number of alkyl halides is 3. The third-order valence-corrected chi connectivity index (χ3v) is 8.36. The Morgan fingerprint density at radius 2 is 1.53 bits per heavy atom. The van der Waals surface area contributed by atoms with E-state index in [1.165, 1.54) is 6.07 Å². The Morgan fingerprint density at radius 3 is 2.08 bits per heavy atom. The topological polar surface area (TPSA) is 122 Å². The number of carbonyl (C=O) groups is 2. The van der Waals surface area contributed by atoms with Gasteiger partial charge >= 0.3 is 6.18 Å². The third-order valence-electron chi connectivity index (χ3n) is 7.33. The van der Waals surface area contributed by atoms with Gasteiger partial charge in [-0.3, -0.25) is 14.1 Å². The van der Waals surface area contributed by atoms with Gasteiger partial charge < -0.3 is 15.4 Å². The van der Waals surface area contributed by atoms with Gasteiger partial charge in [0.05, 0.1) is 23.8 Å². The standard InChI is InChI=1S/C36H36ClF3N2O6S/c1-35(2,3)22-48-29-15-10-25(11-16-29)31(20-23-4-6-26(7-5-23)33(43)41-18-19-49(45,46)47)34(44)42-28-13-8-24(9-14-28)30-17-12-27(21-32(30)37)36(38,39)40/h4-17,21,31H,18-20,22H2,1-3H3,(H,41,43)(H,42,44)(H,45,46,47). The van der Waals surface area contributed by atoms with Gasteiger partial charge in [-0.2, -0.15) is 21.6 Å². The Balaban J connectivity index is 1.53. The Morgan fingerprint density at radius 1 is 0.898 bits per heavy atom. The first-order valence-electron chi connectivity index (χ1n) is 15.2. The highest BCUT2D eigenvalue weighted by Crippen LogP contribution is 2.36. The lowest BCUT2D eigenvalue weighted by Crippen LogP contribution is -2.28. The second kappa shape index (κ2) is 15.4. The van der Waals surface area contributed by atoms with Crippen molar-refractivity contribution in [3.63, 3.8) is 0 Å². The van der Waals surface area contributed by atoms with Gasteiger partial charge in [0.1, 0.15) is 5.75 Å². The molecule has 2 amide bonds. The second-order valence-electron chi connectivity index (χ2n) is 12.7. The van der Waals surface area contributed by atoms with Gasteiger partial charge in [0.2, 0.25) is 5.91 Å². The molecule has 49 heavy (non-hydrogen) atoms. The molecular weight excluding hydrogens is 681 g/mol. The lowest BCUT2D eigenvalue weighted by atomic mass is 9.90. The molecule has 0 fully saturated rings. The Kier molecular flexibility index (Phi) is 11.8. The van der Waals surface area contributed by atoms with Crippen LogP contribution in [0.2, 0.25) is 5.02 Å². The highest BCUT2D eigenvalue weighted by molar-refractivity contribution is 7.85. The van der Waals surface area contributed by atoms with E-state index in [0.717, 1.165) is 17.7 Å². The Labute approximate surface area is 288 Å². The summed E-state index contributed by atoms with van der Waals surface area (Å²) in [6.07, 6.45) is -4.25. The summed E-state index contributed by atoms with van der Waals surface area (Å²) >= 11 is 6.17. The SMILES string of the molecule is CC(C)(C)COc1ccc(C(Cc2ccc(C(=O)NCCS(=O)(=O)O)cc2)C(=O)Nc2ccc(-c3ccc(C(F)(F)F)cc3Cl)cc2)cc1. The highest BCUT2D eigenvalue weighted by Gasteiger charge is 2.31. The van der Waals surface area contributed by atoms with E-state index in [9.17, 15) is 31.2 Å². The molecule has 4 rings (SSSR count). The van der Waals surface area contributed by atoms with Crippen molar-refractivity contribution in [2.45, 2.75) is 39.3 Å². The molecule has 0 aromatic heterocycles. The van der Waals surface area contributed by atoms with Crippen molar-refractivity contribution in [3.05, 3.63) is 118 Å². The monoisotopic (exact) mass is 716 g/mol. The second-order valence-corrected chi connectivity index (χ2v) is 14.7. The molecule has 0 aliphatic heterocycles. The zero-order valence-electron chi connectivity index (χ0n) is 27.0. The summed E-state index contributed by atoms with van der Waals surface area (Å²) in [5.41, 5.74) is 2.27. The minimum absolute atomic E-state index is 0.0475. The largest absolute Gasteiger partial charge is 0.493 e. The molecule has 4 aromatic carbocycles. The molecule has 0 bridgehead atoms. The van der Waals surface area contributed by atoms with Crippen LogP contribution in [-0.4, -0.2) is 43.7 Å². The smallest absolute Gasteiger partial charge is 0.416 e. The van der Waals surface area contributed by atoms with Crippen LogP contribution in [0.3, 0.4) is 0 Å². The van der Waals surface area contributed by atoms with Gasteiger partial charge in [-0.15, -0.1) is 0 Å². The number of hydrogen-bond donors (Lipinski definition) is 3. The molecule has 0 aliphatic carbocycles. The van der Waals surface area contributed by atoms with Crippen molar-refractivity contribution < 1.29 is 40.5 Å². The summed E-state index contributed by atoms with van der Waals surface area (Å²) in [6.45, 7) is 6.41. The average molecular weight is 717 g/mol. The van der Waals surface area contributed by atoms with E-state index in [2.05, 4.69) is 31.4 Å². The van der Waals surface area contributed by atoms with E-state index >= 15 is 0 Å². The Hall–Kier alpha value is -4.39. The number of anilines is 1. The predicted octanol–water partition coefficient (Wildman–Crippen LogP) is 8.03. The minimum Gasteiger partial charge on any atom is -0.493 e. The molecule has 0 heterocycles. The molecule has 3 N–H and O–H groups in total. The summed E-state index contributed by atoms with van der Waals surface area (Å²) in [5.74, 6) is -1.47. The van der Waals surface area contributed by atoms with Crippen LogP contribution in [0.15, 0.2) is 91.0 Å². The van der Waals surface area contributed by atoms with Crippen molar-refractivity contribution in [2.24, 2.45) is 5.41 Å². The number of rotatable bonds is 12. The molecule has 13 heteroatoms. The lowest BCUT2D eigenvalue weighted by molar-refractivity contribution is -0.137. The normalized spacial score (nSPS) is 12.7. The molecule has 1 unspecified atom stereocenters. The molecule has 4 aromatic rings. The van der Waals surface area contributed by atoms with E-state index in [4.69, 9.17) is 20.9 Å². The molecular formula is C36H36ClF3N2O6S. The van der Waals surface area contributed by atoms with Crippen molar-refractivity contribution in [2.75, 3.05) is 24.2 Å². The van der Waals surface area contributed by atoms with Crippen LogP contribution in [0.25, 0.3) is 11.1 Å². The van der Waals surface area contributed by atoms with Gasteiger partial charge in [-0.05, 0) is 77.1 Å². The molecule has 1 atom stereocenters. The summed E-state index contributed by atoms with van der Waals surface area (Å²) in [5, 5.41) is 5.30.